The van der Waals surface area contributed by atoms with Crippen LogP contribution in [0, 0.1) is 41.9 Å². The fraction of sp³-hybridized carbons (Fsp3) is 0.857. The molecular weight excluding hydrogens is 182 g/mol. The second-order valence-electron chi connectivity index (χ2n) is 5.83. The SMILES string of the molecule is C#CCCCC(N)C1C2C3CCC(C3)C12. The van der Waals surface area contributed by atoms with Gasteiger partial charge in [0.05, 0.1) is 0 Å². The highest BCUT2D eigenvalue weighted by Gasteiger charge is 2.65. The molecule has 0 aromatic rings. The minimum Gasteiger partial charge on any atom is -0.327 e. The van der Waals surface area contributed by atoms with Crippen molar-refractivity contribution < 1.29 is 0 Å². The average molecular weight is 203 g/mol. The number of hydrogen-bond donors (Lipinski definition) is 1. The van der Waals surface area contributed by atoms with Gasteiger partial charge in [-0.3, -0.25) is 0 Å². The Hall–Kier alpha value is -0.480. The van der Waals surface area contributed by atoms with Gasteiger partial charge in [-0.05, 0) is 61.7 Å². The van der Waals surface area contributed by atoms with E-state index in [1.807, 2.05) is 0 Å². The summed E-state index contributed by atoms with van der Waals surface area (Å²) in [6.07, 6.45) is 13.0. The summed E-state index contributed by atoms with van der Waals surface area (Å²) >= 11 is 0. The first-order chi connectivity index (χ1) is 7.33. The van der Waals surface area contributed by atoms with Gasteiger partial charge in [0.1, 0.15) is 0 Å². The molecule has 5 unspecified atom stereocenters. The molecule has 3 rings (SSSR count). The lowest BCUT2D eigenvalue weighted by Gasteiger charge is -2.15. The largest absolute Gasteiger partial charge is 0.327 e. The van der Waals surface area contributed by atoms with Crippen molar-refractivity contribution in [3.63, 3.8) is 0 Å². The van der Waals surface area contributed by atoms with Crippen molar-refractivity contribution in [2.24, 2.45) is 35.3 Å². The van der Waals surface area contributed by atoms with Crippen molar-refractivity contribution in [2.45, 2.75) is 44.6 Å². The van der Waals surface area contributed by atoms with E-state index in [-0.39, 0.29) is 0 Å². The van der Waals surface area contributed by atoms with E-state index in [2.05, 4.69) is 5.92 Å². The molecule has 0 heterocycles. The van der Waals surface area contributed by atoms with E-state index in [0.717, 1.165) is 48.9 Å². The summed E-state index contributed by atoms with van der Waals surface area (Å²) in [6.45, 7) is 0. The van der Waals surface area contributed by atoms with Crippen molar-refractivity contribution in [3.8, 4) is 12.3 Å². The van der Waals surface area contributed by atoms with Gasteiger partial charge < -0.3 is 5.73 Å². The van der Waals surface area contributed by atoms with Crippen LogP contribution < -0.4 is 5.73 Å². The van der Waals surface area contributed by atoms with E-state index in [4.69, 9.17) is 12.2 Å². The number of hydrogen-bond acceptors (Lipinski definition) is 1. The van der Waals surface area contributed by atoms with Crippen LogP contribution in [0.3, 0.4) is 0 Å². The summed E-state index contributed by atoms with van der Waals surface area (Å²) in [6, 6.07) is 0.455. The first kappa shape index (κ1) is 9.73. The van der Waals surface area contributed by atoms with Gasteiger partial charge in [-0.1, -0.05) is 0 Å². The molecule has 0 aliphatic heterocycles. The van der Waals surface area contributed by atoms with E-state index in [1.54, 1.807) is 0 Å². The van der Waals surface area contributed by atoms with Gasteiger partial charge in [0.25, 0.3) is 0 Å². The molecule has 1 heteroatoms. The molecule has 1 nitrogen and oxygen atoms in total. The van der Waals surface area contributed by atoms with Crippen molar-refractivity contribution in [1.29, 1.82) is 0 Å². The molecule has 3 aliphatic carbocycles. The molecule has 3 saturated carbocycles. The Kier molecular flexibility index (Phi) is 2.29. The summed E-state index contributed by atoms with van der Waals surface area (Å²) in [4.78, 5) is 0. The lowest BCUT2D eigenvalue weighted by atomic mass is 9.95. The molecule has 0 spiro atoms. The van der Waals surface area contributed by atoms with Gasteiger partial charge in [0.2, 0.25) is 0 Å². The van der Waals surface area contributed by atoms with Gasteiger partial charge in [-0.2, -0.15) is 0 Å². The molecule has 3 fully saturated rings. The van der Waals surface area contributed by atoms with Gasteiger partial charge in [0, 0.05) is 12.5 Å². The Morgan fingerprint density at radius 2 is 1.93 bits per heavy atom. The van der Waals surface area contributed by atoms with Crippen LogP contribution in [0.15, 0.2) is 0 Å². The molecule has 2 N–H and O–H groups in total. The third kappa shape index (κ3) is 1.42. The number of unbranched alkanes of at least 4 members (excludes halogenated alkanes) is 1. The van der Waals surface area contributed by atoms with Gasteiger partial charge >= 0.3 is 0 Å². The van der Waals surface area contributed by atoms with Crippen molar-refractivity contribution >= 4 is 0 Å². The Morgan fingerprint density at radius 1 is 1.27 bits per heavy atom. The van der Waals surface area contributed by atoms with Crippen LogP contribution in [0.4, 0.5) is 0 Å². The van der Waals surface area contributed by atoms with Crippen LogP contribution in [0.1, 0.15) is 38.5 Å². The number of nitrogens with two attached hydrogens (primary N) is 1. The van der Waals surface area contributed by atoms with E-state index < -0.39 is 0 Å². The predicted octanol–water partition coefficient (Wildman–Crippen LogP) is 2.41. The average Bonchev–Trinajstić information content (AvgIpc) is 2.68. The van der Waals surface area contributed by atoms with Crippen LogP contribution in [-0.4, -0.2) is 6.04 Å². The lowest BCUT2D eigenvalue weighted by Crippen LogP contribution is -2.26. The smallest absolute Gasteiger partial charge is 0.00866 e. The van der Waals surface area contributed by atoms with Crippen molar-refractivity contribution in [1.82, 2.24) is 0 Å². The van der Waals surface area contributed by atoms with Gasteiger partial charge in [-0.25, -0.2) is 0 Å². The highest BCUT2D eigenvalue weighted by molar-refractivity contribution is 5.15. The topological polar surface area (TPSA) is 26.0 Å². The second-order valence-corrected chi connectivity index (χ2v) is 5.83. The minimum atomic E-state index is 0.455. The second kappa shape index (κ2) is 3.52. The summed E-state index contributed by atoms with van der Waals surface area (Å²) in [7, 11) is 0. The first-order valence-electron chi connectivity index (χ1n) is 6.52. The van der Waals surface area contributed by atoms with Crippen LogP contribution >= 0.6 is 0 Å². The van der Waals surface area contributed by atoms with E-state index in [0.29, 0.717) is 6.04 Å². The maximum atomic E-state index is 6.29. The van der Waals surface area contributed by atoms with E-state index >= 15 is 0 Å². The molecule has 0 amide bonds. The fourth-order valence-electron chi connectivity index (χ4n) is 4.60. The number of fused-ring (bicyclic) bond motifs is 5. The van der Waals surface area contributed by atoms with Crippen LogP contribution in [0.2, 0.25) is 0 Å². The molecule has 0 saturated heterocycles. The zero-order valence-electron chi connectivity index (χ0n) is 9.36. The maximum absolute atomic E-state index is 6.29. The Balaban J connectivity index is 1.52. The lowest BCUT2D eigenvalue weighted by molar-refractivity contribution is 0.394. The highest BCUT2D eigenvalue weighted by atomic mass is 14.8. The Morgan fingerprint density at radius 3 is 2.53 bits per heavy atom. The monoisotopic (exact) mass is 203 g/mol. The quantitative estimate of drug-likeness (QED) is 0.551. The standard InChI is InChI=1S/C14H21N/c1-2-3-4-5-11(15)14-12-9-6-7-10(8-9)13(12)14/h1,9-14H,3-8,15H2. The maximum Gasteiger partial charge on any atom is 0.00866 e. The molecule has 3 aliphatic rings. The molecule has 2 bridgehead atoms. The highest BCUT2D eigenvalue weighted by Crippen LogP contribution is 2.70. The van der Waals surface area contributed by atoms with Crippen LogP contribution in [0.5, 0.6) is 0 Å². The molecule has 5 atom stereocenters. The van der Waals surface area contributed by atoms with Gasteiger partial charge in [0.15, 0.2) is 0 Å². The Labute approximate surface area is 92.8 Å². The zero-order chi connectivity index (χ0) is 10.4. The number of rotatable bonds is 4. The van der Waals surface area contributed by atoms with E-state index in [1.165, 1.54) is 19.3 Å². The first-order valence-corrected chi connectivity index (χ1v) is 6.52. The summed E-state index contributed by atoms with van der Waals surface area (Å²) in [5.74, 6) is 7.77. The molecular formula is C14H21N. The number of terminal acetylenes is 1. The van der Waals surface area contributed by atoms with Crippen molar-refractivity contribution in [3.05, 3.63) is 0 Å². The molecule has 82 valence electrons. The van der Waals surface area contributed by atoms with Gasteiger partial charge in [-0.15, -0.1) is 12.3 Å². The normalized spacial score (nSPS) is 47.3. The third-order valence-electron chi connectivity index (χ3n) is 5.15. The summed E-state index contributed by atoms with van der Waals surface area (Å²) in [5.41, 5.74) is 6.29. The van der Waals surface area contributed by atoms with Crippen molar-refractivity contribution in [2.75, 3.05) is 0 Å². The molecule has 0 radical (unpaired) electrons. The summed E-state index contributed by atoms with van der Waals surface area (Å²) in [5, 5.41) is 0. The molecule has 15 heavy (non-hydrogen) atoms. The summed E-state index contributed by atoms with van der Waals surface area (Å²) < 4.78 is 0. The molecule has 0 aromatic heterocycles. The van der Waals surface area contributed by atoms with E-state index in [9.17, 15) is 0 Å². The molecule has 0 aromatic carbocycles. The Bertz CT molecular complexity index is 274. The van der Waals surface area contributed by atoms with Crippen LogP contribution in [-0.2, 0) is 0 Å². The fourth-order valence-corrected chi connectivity index (χ4v) is 4.60. The predicted molar refractivity (Wildman–Crippen MR) is 62.0 cm³/mol. The zero-order valence-corrected chi connectivity index (χ0v) is 9.36. The minimum absolute atomic E-state index is 0.455. The van der Waals surface area contributed by atoms with Crippen LogP contribution in [0.25, 0.3) is 0 Å². The third-order valence-corrected chi connectivity index (χ3v) is 5.15.